The van der Waals surface area contributed by atoms with Gasteiger partial charge in [-0.1, -0.05) is 48.9 Å². The highest BCUT2D eigenvalue weighted by Crippen LogP contribution is 2.23. The largest absolute Gasteiger partial charge is 0.353 e. The lowest BCUT2D eigenvalue weighted by molar-refractivity contribution is -0.121. The number of hydrogen-bond acceptors (Lipinski definition) is 1. The maximum atomic E-state index is 12.3. The third-order valence-electron chi connectivity index (χ3n) is 4.48. The van der Waals surface area contributed by atoms with E-state index in [1.54, 1.807) is 0 Å². The van der Waals surface area contributed by atoms with Gasteiger partial charge < -0.3 is 9.88 Å². The van der Waals surface area contributed by atoms with Crippen LogP contribution in [-0.2, 0) is 17.8 Å². The van der Waals surface area contributed by atoms with Crippen LogP contribution in [0.15, 0.2) is 54.7 Å². The first-order valence-corrected chi connectivity index (χ1v) is 9.05. The zero-order valence-electron chi connectivity index (χ0n) is 14.6. The number of aromatic nitrogens is 1. The molecule has 0 radical (unpaired) electrons. The van der Waals surface area contributed by atoms with E-state index in [1.165, 1.54) is 0 Å². The average Bonchev–Trinajstić information content (AvgIpc) is 2.92. The molecule has 0 saturated heterocycles. The second kappa shape index (κ2) is 7.75. The van der Waals surface area contributed by atoms with Gasteiger partial charge in [0, 0.05) is 34.7 Å². The number of carbonyl (C=O) groups excluding carboxylic acids is 1. The molecule has 4 heteroatoms. The van der Waals surface area contributed by atoms with Crippen LogP contribution in [0.5, 0.6) is 0 Å². The summed E-state index contributed by atoms with van der Waals surface area (Å²) in [7, 11) is 0. The van der Waals surface area contributed by atoms with Crippen molar-refractivity contribution in [3.05, 3.63) is 70.9 Å². The Morgan fingerprint density at radius 2 is 2.00 bits per heavy atom. The van der Waals surface area contributed by atoms with E-state index in [2.05, 4.69) is 41.2 Å². The summed E-state index contributed by atoms with van der Waals surface area (Å²) in [6.07, 6.45) is 3.41. The number of carbonyl (C=O) groups is 1. The van der Waals surface area contributed by atoms with Crippen LogP contribution in [0, 0.1) is 0 Å². The van der Waals surface area contributed by atoms with Gasteiger partial charge in [-0.05, 0) is 42.7 Å². The monoisotopic (exact) mass is 354 g/mol. The van der Waals surface area contributed by atoms with Crippen molar-refractivity contribution in [1.82, 2.24) is 9.88 Å². The zero-order chi connectivity index (χ0) is 17.8. The molecular formula is C21H23ClN2O. The Labute approximate surface area is 153 Å². The van der Waals surface area contributed by atoms with Gasteiger partial charge in [0.1, 0.15) is 0 Å². The van der Waals surface area contributed by atoms with Crippen molar-refractivity contribution in [3.63, 3.8) is 0 Å². The highest BCUT2D eigenvalue weighted by Gasteiger charge is 2.13. The molecule has 1 atom stereocenters. The lowest BCUT2D eigenvalue weighted by atomic mass is 10.1. The molecule has 2 aromatic carbocycles. The molecule has 130 valence electrons. The summed E-state index contributed by atoms with van der Waals surface area (Å²) in [4.78, 5) is 12.3. The highest BCUT2D eigenvalue weighted by molar-refractivity contribution is 6.30. The number of amides is 1. The van der Waals surface area contributed by atoms with Gasteiger partial charge >= 0.3 is 0 Å². The minimum absolute atomic E-state index is 0.0695. The minimum Gasteiger partial charge on any atom is -0.353 e. The number of nitrogens with zero attached hydrogens (tertiary/aromatic N) is 1. The van der Waals surface area contributed by atoms with Crippen molar-refractivity contribution in [2.45, 2.75) is 39.3 Å². The van der Waals surface area contributed by atoms with Crippen LogP contribution < -0.4 is 5.32 Å². The number of hydrogen-bond donors (Lipinski definition) is 1. The quantitative estimate of drug-likeness (QED) is 0.677. The van der Waals surface area contributed by atoms with E-state index < -0.39 is 0 Å². The second-order valence-corrected chi connectivity index (χ2v) is 6.92. The van der Waals surface area contributed by atoms with Gasteiger partial charge in [-0.15, -0.1) is 0 Å². The number of halogens is 1. The normalized spacial score (nSPS) is 12.3. The van der Waals surface area contributed by atoms with Crippen LogP contribution in [-0.4, -0.2) is 16.5 Å². The smallest absolute Gasteiger partial charge is 0.224 e. The number of benzene rings is 2. The molecule has 3 nitrogen and oxygen atoms in total. The minimum atomic E-state index is 0.0695. The third kappa shape index (κ3) is 4.23. The fourth-order valence-electron chi connectivity index (χ4n) is 3.03. The van der Waals surface area contributed by atoms with Crippen LogP contribution >= 0.6 is 11.6 Å². The van der Waals surface area contributed by atoms with Crippen molar-refractivity contribution < 1.29 is 4.79 Å². The molecule has 3 rings (SSSR count). The first-order chi connectivity index (χ1) is 12.1. The first-order valence-electron chi connectivity index (χ1n) is 8.67. The molecular weight excluding hydrogens is 332 g/mol. The number of para-hydroxylation sites is 1. The number of nitrogens with one attached hydrogen (secondary N) is 1. The lowest BCUT2D eigenvalue weighted by Crippen LogP contribution is -2.33. The molecule has 1 amide bonds. The number of rotatable bonds is 6. The Bertz CT molecular complexity index is 884. The van der Waals surface area contributed by atoms with Gasteiger partial charge in [-0.3, -0.25) is 4.79 Å². The van der Waals surface area contributed by atoms with E-state index in [0.29, 0.717) is 6.42 Å². The summed E-state index contributed by atoms with van der Waals surface area (Å²) in [6.45, 7) is 4.83. The van der Waals surface area contributed by atoms with Crippen molar-refractivity contribution in [3.8, 4) is 0 Å². The molecule has 0 spiro atoms. The van der Waals surface area contributed by atoms with E-state index in [9.17, 15) is 4.79 Å². The summed E-state index contributed by atoms with van der Waals surface area (Å²) in [5, 5.41) is 4.91. The standard InChI is InChI=1S/C21H23ClN2O/c1-3-15(2)23-21(25)12-17-14-24(20-10-5-4-9-19(17)20)13-16-7-6-8-18(22)11-16/h4-11,14-15H,3,12-13H2,1-2H3,(H,23,25). The van der Waals surface area contributed by atoms with E-state index in [4.69, 9.17) is 11.6 Å². The molecule has 1 N–H and O–H groups in total. The maximum absolute atomic E-state index is 12.3. The molecule has 0 aliphatic carbocycles. The zero-order valence-corrected chi connectivity index (χ0v) is 15.4. The van der Waals surface area contributed by atoms with Gasteiger partial charge in [0.2, 0.25) is 5.91 Å². The Morgan fingerprint density at radius 3 is 2.76 bits per heavy atom. The van der Waals surface area contributed by atoms with Gasteiger partial charge in [-0.25, -0.2) is 0 Å². The Kier molecular flexibility index (Phi) is 5.44. The fraction of sp³-hybridized carbons (Fsp3) is 0.286. The number of fused-ring (bicyclic) bond motifs is 1. The molecule has 1 aromatic heterocycles. The molecule has 25 heavy (non-hydrogen) atoms. The molecule has 0 fully saturated rings. The predicted molar refractivity (Wildman–Crippen MR) is 104 cm³/mol. The predicted octanol–water partition coefficient (Wildman–Crippen LogP) is 4.80. The Hall–Kier alpha value is -2.26. The molecule has 1 unspecified atom stereocenters. The topological polar surface area (TPSA) is 34.0 Å². The molecule has 3 aromatic rings. The van der Waals surface area contributed by atoms with Crippen molar-refractivity contribution in [1.29, 1.82) is 0 Å². The van der Waals surface area contributed by atoms with Crippen molar-refractivity contribution in [2.24, 2.45) is 0 Å². The highest BCUT2D eigenvalue weighted by atomic mass is 35.5. The summed E-state index contributed by atoms with van der Waals surface area (Å²) >= 11 is 6.10. The summed E-state index contributed by atoms with van der Waals surface area (Å²) in [5.74, 6) is 0.0695. The average molecular weight is 355 g/mol. The molecule has 0 aliphatic rings. The molecule has 0 aliphatic heterocycles. The van der Waals surface area contributed by atoms with Gasteiger partial charge in [0.15, 0.2) is 0 Å². The van der Waals surface area contributed by atoms with Crippen LogP contribution in [0.2, 0.25) is 5.02 Å². The van der Waals surface area contributed by atoms with Crippen LogP contribution in [0.25, 0.3) is 10.9 Å². The Morgan fingerprint density at radius 1 is 1.20 bits per heavy atom. The van der Waals surface area contributed by atoms with Gasteiger partial charge in [0.25, 0.3) is 0 Å². The van der Waals surface area contributed by atoms with Gasteiger partial charge in [0.05, 0.1) is 6.42 Å². The van der Waals surface area contributed by atoms with Crippen molar-refractivity contribution in [2.75, 3.05) is 0 Å². The lowest BCUT2D eigenvalue weighted by Gasteiger charge is -2.10. The van der Waals surface area contributed by atoms with Gasteiger partial charge in [-0.2, -0.15) is 0 Å². The first kappa shape index (κ1) is 17.6. The van der Waals surface area contributed by atoms with Crippen LogP contribution in [0.3, 0.4) is 0 Å². The van der Waals surface area contributed by atoms with E-state index in [-0.39, 0.29) is 11.9 Å². The SMILES string of the molecule is CCC(C)NC(=O)Cc1cn(Cc2cccc(Cl)c2)c2ccccc12. The van der Waals surface area contributed by atoms with Crippen molar-refractivity contribution >= 4 is 28.4 Å². The molecule has 0 bridgehead atoms. The van der Waals surface area contributed by atoms with E-state index in [0.717, 1.165) is 40.0 Å². The molecule has 0 saturated carbocycles. The third-order valence-corrected chi connectivity index (χ3v) is 4.72. The summed E-state index contributed by atoms with van der Waals surface area (Å²) in [6, 6.07) is 16.3. The van der Waals surface area contributed by atoms with Crippen LogP contribution in [0.1, 0.15) is 31.4 Å². The fourth-order valence-corrected chi connectivity index (χ4v) is 3.24. The van der Waals surface area contributed by atoms with E-state index >= 15 is 0 Å². The molecule has 1 heterocycles. The second-order valence-electron chi connectivity index (χ2n) is 6.48. The van der Waals surface area contributed by atoms with E-state index in [1.807, 2.05) is 37.3 Å². The van der Waals surface area contributed by atoms with Crippen LogP contribution in [0.4, 0.5) is 0 Å². The maximum Gasteiger partial charge on any atom is 0.224 e. The Balaban J connectivity index is 1.89. The summed E-state index contributed by atoms with van der Waals surface area (Å²) in [5.41, 5.74) is 3.33. The summed E-state index contributed by atoms with van der Waals surface area (Å²) < 4.78 is 2.19.